The van der Waals surface area contributed by atoms with E-state index in [9.17, 15) is 0 Å². The smallest absolute Gasteiger partial charge is 1.00 e. The molecule has 0 saturated heterocycles. The van der Waals surface area contributed by atoms with Crippen LogP contribution in [0.1, 0.15) is 0 Å². The van der Waals surface area contributed by atoms with E-state index < -0.39 is 6.81 Å². The van der Waals surface area contributed by atoms with Gasteiger partial charge in [0.05, 0.1) is 0 Å². The molecule has 0 nitrogen and oxygen atoms in total. The van der Waals surface area contributed by atoms with Gasteiger partial charge in [0.1, 0.15) is 0 Å². The Hall–Kier alpha value is 8.93. The average molecular weight is 561 g/mol. The van der Waals surface area contributed by atoms with Crippen LogP contribution in [-0.4, -0.2) is 0 Å². The van der Waals surface area contributed by atoms with E-state index in [2.05, 4.69) is 0 Å². The standard InChI is InChI=1S/6ClH.Ir.4K/h6*1H;;;;;/q;;;;;;+2;4*+1/p-6. The van der Waals surface area contributed by atoms with Crippen molar-refractivity contribution in [2.45, 2.75) is 0 Å². The quantitative estimate of drug-likeness (QED) is 0.258. The Morgan fingerprint density at radius 1 is 0.455 bits per heavy atom. The predicted octanol–water partition coefficient (Wildman–Crippen LogP) is -7.85. The van der Waals surface area contributed by atoms with E-state index in [-0.39, 0.29) is 206 Å². The summed E-state index contributed by atoms with van der Waals surface area (Å²) in [5.41, 5.74) is 0. The molecule has 0 aliphatic rings. The molecule has 0 aliphatic carbocycles. The van der Waals surface area contributed by atoms with Gasteiger partial charge in [-0.15, -0.1) is 0 Å². The van der Waals surface area contributed by atoms with Gasteiger partial charge in [-0.2, -0.15) is 0 Å². The minimum absolute atomic E-state index is 0. The Balaban J connectivity index is -0.0000000300. The summed E-state index contributed by atoms with van der Waals surface area (Å²) < 4.78 is 0. The van der Waals surface area contributed by atoms with Crippen LogP contribution in [0.15, 0.2) is 0 Å². The Morgan fingerprint density at radius 3 is 0.455 bits per heavy atom. The average Bonchev–Trinajstić information content (AvgIpc) is 0.592. The van der Waals surface area contributed by atoms with Crippen molar-refractivity contribution in [1.82, 2.24) is 0 Å². The van der Waals surface area contributed by atoms with E-state index in [1.807, 2.05) is 0 Å². The zero-order valence-electron chi connectivity index (χ0n) is 6.60. The topological polar surface area (TPSA) is 0 Å². The monoisotopic (exact) mass is 559 g/mol. The van der Waals surface area contributed by atoms with Gasteiger partial charge in [0.2, 0.25) is 0 Å². The third-order valence-electron chi connectivity index (χ3n) is 0. The van der Waals surface area contributed by atoms with Crippen molar-refractivity contribution >= 4 is 57.5 Å². The van der Waals surface area contributed by atoms with E-state index in [4.69, 9.17) is 57.5 Å². The Labute approximate surface area is 259 Å². The maximum atomic E-state index is 5.06. The Bertz CT molecular complexity index is 73.1. The molecular weight excluding hydrogens is 561 g/mol. The largest absolute Gasteiger partial charge is 1.00 e. The summed E-state index contributed by atoms with van der Waals surface area (Å²) >= 11 is 0. The maximum absolute atomic E-state index is 5.33. The molecule has 0 radical (unpaired) electrons. The molecule has 0 N–H and O–H groups in total. The molecule has 0 amide bonds. The second-order valence-corrected chi connectivity index (χ2v) is 52.6. The number of rotatable bonds is 0. The van der Waals surface area contributed by atoms with Crippen molar-refractivity contribution in [1.29, 1.82) is 0 Å². The summed E-state index contributed by atoms with van der Waals surface area (Å²) in [4.78, 5) is 0. The first kappa shape index (κ1) is 32.0. The van der Waals surface area contributed by atoms with Crippen LogP contribution in [0.2, 0.25) is 0 Å². The summed E-state index contributed by atoms with van der Waals surface area (Å²) in [5.74, 6) is 0. The van der Waals surface area contributed by atoms with Gasteiger partial charge < -0.3 is 0 Å². The molecule has 0 bridgehead atoms. The first-order chi connectivity index (χ1) is 2.45. The first-order valence-electron chi connectivity index (χ1n) is 0.756. The molecule has 0 aromatic carbocycles. The fourth-order valence-electron chi connectivity index (χ4n) is 0. The SMILES string of the molecule is [Cl][Ir-4]([Cl])([Cl])([Cl])([Cl])[Cl].[K+].[K+].[K+].[K+]. The second kappa shape index (κ2) is 10.6. The van der Waals surface area contributed by atoms with Crippen molar-refractivity contribution in [3.63, 3.8) is 0 Å². The number of hydrogen-bond donors (Lipinski definition) is 0. The van der Waals surface area contributed by atoms with Crippen LogP contribution in [0, 0.1) is 0 Å². The van der Waals surface area contributed by atoms with Gasteiger partial charge in [0.15, 0.2) is 0 Å². The Morgan fingerprint density at radius 2 is 0.455 bits per heavy atom. The van der Waals surface area contributed by atoms with Crippen LogP contribution >= 0.6 is 57.5 Å². The van der Waals surface area contributed by atoms with Gasteiger partial charge in [-0.3, -0.25) is 0 Å². The number of halogens is 6. The summed E-state index contributed by atoms with van der Waals surface area (Å²) in [6.45, 7) is -5.33. The van der Waals surface area contributed by atoms with E-state index >= 15 is 0 Å². The third kappa shape index (κ3) is 68.0. The summed E-state index contributed by atoms with van der Waals surface area (Å²) in [6.07, 6.45) is 0. The van der Waals surface area contributed by atoms with Crippen LogP contribution in [0.4, 0.5) is 0 Å². The minimum atomic E-state index is -5.33. The zero-order chi connectivity index (χ0) is 6.41. The first-order valence-corrected chi connectivity index (χ1v) is 18.6. The van der Waals surface area contributed by atoms with E-state index in [1.165, 1.54) is 0 Å². The van der Waals surface area contributed by atoms with Gasteiger partial charge in [-0.05, 0) is 0 Å². The number of hydrogen-bond acceptors (Lipinski definition) is 0. The van der Waals surface area contributed by atoms with Crippen LogP contribution in [0.3, 0.4) is 0 Å². The molecule has 0 spiro atoms. The molecular formula is Cl6IrK4. The third-order valence-corrected chi connectivity index (χ3v) is 0. The minimum Gasteiger partial charge on any atom is 1.00 e. The van der Waals surface area contributed by atoms with Crippen molar-refractivity contribution in [2.75, 3.05) is 0 Å². The molecule has 11 heavy (non-hydrogen) atoms. The maximum Gasteiger partial charge on any atom is 1.00 e. The molecule has 0 rings (SSSR count). The summed E-state index contributed by atoms with van der Waals surface area (Å²) in [5, 5.41) is 0. The predicted molar refractivity (Wildman–Crippen MR) is 35.1 cm³/mol. The molecule has 55 valence electrons. The van der Waals surface area contributed by atoms with Gasteiger partial charge in [0.25, 0.3) is 0 Å². The molecule has 11 heteroatoms. The van der Waals surface area contributed by atoms with Gasteiger partial charge in [-0.25, -0.2) is 0 Å². The summed E-state index contributed by atoms with van der Waals surface area (Å²) in [6, 6.07) is 0. The van der Waals surface area contributed by atoms with Gasteiger partial charge in [-0.1, -0.05) is 0 Å². The summed E-state index contributed by atoms with van der Waals surface area (Å²) in [7, 11) is 30.3. The zero-order valence-corrected chi connectivity index (χ0v) is 26.0. The second-order valence-electron chi connectivity index (χ2n) is 0.714. The van der Waals surface area contributed by atoms with Crippen molar-refractivity contribution in [2.24, 2.45) is 0 Å². The van der Waals surface area contributed by atoms with Crippen molar-refractivity contribution in [3.8, 4) is 0 Å². The van der Waals surface area contributed by atoms with Crippen molar-refractivity contribution in [3.05, 3.63) is 0 Å². The van der Waals surface area contributed by atoms with E-state index in [1.54, 1.807) is 0 Å². The van der Waals surface area contributed by atoms with Crippen LogP contribution < -0.4 is 206 Å². The van der Waals surface area contributed by atoms with Crippen LogP contribution in [0.5, 0.6) is 0 Å². The van der Waals surface area contributed by atoms with E-state index in [0.29, 0.717) is 0 Å². The van der Waals surface area contributed by atoms with Crippen LogP contribution in [-0.2, 0) is 6.81 Å². The van der Waals surface area contributed by atoms with Gasteiger partial charge in [0, 0.05) is 0 Å². The Kier molecular flexibility index (Phi) is 31.0. The van der Waals surface area contributed by atoms with Crippen LogP contribution in [0.25, 0.3) is 0 Å². The van der Waals surface area contributed by atoms with E-state index in [0.717, 1.165) is 0 Å². The van der Waals surface area contributed by atoms with Crippen molar-refractivity contribution < 1.29 is 212 Å². The fourth-order valence-corrected chi connectivity index (χ4v) is 0. The van der Waals surface area contributed by atoms with Gasteiger partial charge >= 0.3 is 270 Å². The molecule has 0 fully saturated rings. The molecule has 0 unspecified atom stereocenters. The molecule has 0 aromatic rings. The molecule has 0 saturated carbocycles. The fraction of sp³-hybridized carbons (Fsp3) is 0. The normalized spacial score (nSPS) is 14.7. The molecule has 0 aliphatic heterocycles. The molecule has 0 aromatic heterocycles. The molecule has 0 atom stereocenters. The molecule has 0 heterocycles.